The number of aryl methyl sites for hydroxylation is 2. The maximum atomic E-state index is 13.2. The van der Waals surface area contributed by atoms with Crippen LogP contribution in [0.2, 0.25) is 0 Å². The van der Waals surface area contributed by atoms with Gasteiger partial charge < -0.3 is 9.64 Å². The van der Waals surface area contributed by atoms with Crippen LogP contribution < -0.4 is 10.3 Å². The molecule has 7 nitrogen and oxygen atoms in total. The average Bonchev–Trinajstić information content (AvgIpc) is 3.26. The van der Waals surface area contributed by atoms with Crippen molar-refractivity contribution >= 4 is 16.9 Å². The lowest BCUT2D eigenvalue weighted by molar-refractivity contribution is 0.0792. The van der Waals surface area contributed by atoms with E-state index in [-0.39, 0.29) is 17.4 Å². The number of nitrogens with one attached hydrogen (secondary N) is 1. The predicted octanol–water partition coefficient (Wildman–Crippen LogP) is 2.21. The number of hydrogen-bond acceptors (Lipinski definition) is 4. The first-order valence-corrected chi connectivity index (χ1v) is 8.97. The number of hydrogen-bond donors (Lipinski definition) is 1. The molecule has 1 atom stereocenters. The van der Waals surface area contributed by atoms with Crippen molar-refractivity contribution in [1.82, 2.24) is 19.7 Å². The summed E-state index contributed by atoms with van der Waals surface area (Å²) in [6, 6.07) is 9.70. The summed E-state index contributed by atoms with van der Waals surface area (Å²) in [4.78, 5) is 31.7. The first-order chi connectivity index (χ1) is 13.0. The molecule has 2 aromatic heterocycles. The number of aromatic nitrogens is 3. The van der Waals surface area contributed by atoms with E-state index >= 15 is 0 Å². The molecule has 1 unspecified atom stereocenters. The van der Waals surface area contributed by atoms with Crippen LogP contribution in [-0.2, 0) is 7.05 Å². The molecule has 4 rings (SSSR count). The first kappa shape index (κ1) is 17.3. The number of carbonyl (C=O) groups is 1. The second-order valence-corrected chi connectivity index (χ2v) is 7.02. The van der Waals surface area contributed by atoms with Crippen LogP contribution in [-0.4, -0.2) is 45.8 Å². The smallest absolute Gasteiger partial charge is 0.274 e. The number of rotatable bonds is 3. The van der Waals surface area contributed by atoms with Crippen LogP contribution >= 0.6 is 0 Å². The summed E-state index contributed by atoms with van der Waals surface area (Å²) in [6.07, 6.45) is 0.899. The lowest BCUT2D eigenvalue weighted by atomic mass is 9.98. The molecule has 0 spiro atoms. The van der Waals surface area contributed by atoms with E-state index < -0.39 is 0 Å². The number of aromatic amines is 1. The molecule has 1 N–H and O–H groups in total. The Labute approximate surface area is 156 Å². The van der Waals surface area contributed by atoms with E-state index in [0.29, 0.717) is 35.4 Å². The molecule has 7 heteroatoms. The number of benzene rings is 1. The van der Waals surface area contributed by atoms with Crippen molar-refractivity contribution in [2.24, 2.45) is 7.05 Å². The minimum absolute atomic E-state index is 0.113. The van der Waals surface area contributed by atoms with E-state index in [0.717, 1.165) is 12.2 Å². The van der Waals surface area contributed by atoms with E-state index in [1.54, 1.807) is 24.9 Å². The number of pyridine rings is 1. The van der Waals surface area contributed by atoms with Crippen LogP contribution in [0.15, 0.2) is 35.1 Å². The molecule has 1 fully saturated rings. The van der Waals surface area contributed by atoms with Gasteiger partial charge in [-0.25, -0.2) is 4.98 Å². The molecular formula is C20H22N4O3. The van der Waals surface area contributed by atoms with Crippen LogP contribution in [0.4, 0.5) is 0 Å². The van der Waals surface area contributed by atoms with E-state index in [9.17, 15) is 9.59 Å². The molecule has 1 amide bonds. The Hall–Kier alpha value is -3.09. The van der Waals surface area contributed by atoms with Gasteiger partial charge in [0.1, 0.15) is 5.75 Å². The second kappa shape index (κ2) is 6.57. The molecule has 0 aliphatic carbocycles. The zero-order chi connectivity index (χ0) is 19.1. The van der Waals surface area contributed by atoms with Gasteiger partial charge in [-0.15, -0.1) is 0 Å². The van der Waals surface area contributed by atoms with Crippen LogP contribution in [0.25, 0.3) is 11.0 Å². The van der Waals surface area contributed by atoms with Crippen LogP contribution in [0.5, 0.6) is 5.75 Å². The molecule has 1 aliphatic rings. The summed E-state index contributed by atoms with van der Waals surface area (Å²) in [6.45, 7) is 3.14. The van der Waals surface area contributed by atoms with E-state index in [4.69, 9.17) is 4.74 Å². The van der Waals surface area contributed by atoms with Crippen molar-refractivity contribution in [3.8, 4) is 5.75 Å². The van der Waals surface area contributed by atoms with Gasteiger partial charge in [-0.05, 0) is 37.1 Å². The summed E-state index contributed by atoms with van der Waals surface area (Å²) in [5.41, 5.74) is 2.56. The first-order valence-electron chi connectivity index (χ1n) is 8.97. The van der Waals surface area contributed by atoms with Crippen molar-refractivity contribution in [3.63, 3.8) is 0 Å². The highest BCUT2D eigenvalue weighted by Gasteiger charge is 2.30. The number of amides is 1. The Morgan fingerprint density at radius 3 is 2.74 bits per heavy atom. The Bertz CT molecular complexity index is 1070. The van der Waals surface area contributed by atoms with Crippen molar-refractivity contribution in [3.05, 3.63) is 57.5 Å². The van der Waals surface area contributed by atoms with Gasteiger partial charge in [0.15, 0.2) is 5.65 Å². The summed E-state index contributed by atoms with van der Waals surface area (Å²) in [5.74, 6) is 0.994. The zero-order valence-electron chi connectivity index (χ0n) is 15.7. The van der Waals surface area contributed by atoms with Crippen LogP contribution in [0, 0.1) is 6.92 Å². The monoisotopic (exact) mass is 366 g/mol. The third kappa shape index (κ3) is 2.99. The third-order valence-corrected chi connectivity index (χ3v) is 5.24. The normalized spacial score (nSPS) is 16.9. The highest BCUT2D eigenvalue weighted by Crippen LogP contribution is 2.30. The van der Waals surface area contributed by atoms with Crippen LogP contribution in [0.1, 0.15) is 34.0 Å². The van der Waals surface area contributed by atoms with Gasteiger partial charge in [0, 0.05) is 31.7 Å². The minimum Gasteiger partial charge on any atom is -0.497 e. The van der Waals surface area contributed by atoms with Crippen molar-refractivity contribution in [2.75, 3.05) is 20.2 Å². The van der Waals surface area contributed by atoms with Gasteiger partial charge in [-0.3, -0.25) is 19.4 Å². The summed E-state index contributed by atoms with van der Waals surface area (Å²) < 4.78 is 6.77. The molecule has 0 saturated carbocycles. The van der Waals surface area contributed by atoms with Crippen molar-refractivity contribution < 1.29 is 9.53 Å². The molecule has 3 aromatic rings. The van der Waals surface area contributed by atoms with E-state index in [1.165, 1.54) is 5.56 Å². The van der Waals surface area contributed by atoms with Gasteiger partial charge in [0.05, 0.1) is 18.1 Å². The van der Waals surface area contributed by atoms with Gasteiger partial charge in [-0.1, -0.05) is 12.1 Å². The highest BCUT2D eigenvalue weighted by molar-refractivity contribution is 6.05. The number of likely N-dealkylation sites (tertiary alicyclic amines) is 1. The Balaban J connectivity index is 1.62. The summed E-state index contributed by atoms with van der Waals surface area (Å²) >= 11 is 0. The minimum atomic E-state index is -0.283. The van der Waals surface area contributed by atoms with Crippen molar-refractivity contribution in [2.45, 2.75) is 19.3 Å². The standard InChI is InChI=1S/C20H22N4O3/c1-12-10-16(17-18(21-12)23(2)22-19(17)25)20(26)24-9-8-14(11-24)13-4-6-15(27-3)7-5-13/h4-7,10,14H,8-9,11H2,1-3H3,(H,22,25). The number of carbonyl (C=O) groups excluding carboxylic acids is 1. The molecule has 140 valence electrons. The van der Waals surface area contributed by atoms with Gasteiger partial charge in [0.25, 0.3) is 11.5 Å². The number of H-pyrrole nitrogens is 1. The Morgan fingerprint density at radius 1 is 1.30 bits per heavy atom. The second-order valence-electron chi connectivity index (χ2n) is 7.02. The number of fused-ring (bicyclic) bond motifs is 1. The maximum absolute atomic E-state index is 13.2. The molecule has 0 bridgehead atoms. The molecule has 1 aliphatic heterocycles. The highest BCUT2D eigenvalue weighted by atomic mass is 16.5. The largest absolute Gasteiger partial charge is 0.497 e. The average molecular weight is 366 g/mol. The molecular weight excluding hydrogens is 344 g/mol. The lowest BCUT2D eigenvalue weighted by Crippen LogP contribution is -2.29. The topological polar surface area (TPSA) is 80.2 Å². The lowest BCUT2D eigenvalue weighted by Gasteiger charge is -2.17. The summed E-state index contributed by atoms with van der Waals surface area (Å²) in [7, 11) is 3.37. The van der Waals surface area contributed by atoms with Crippen LogP contribution in [0.3, 0.4) is 0 Å². The third-order valence-electron chi connectivity index (χ3n) is 5.24. The number of ether oxygens (including phenoxy) is 1. The molecule has 1 aromatic carbocycles. The molecule has 0 radical (unpaired) electrons. The SMILES string of the molecule is COc1ccc(C2CCN(C(=O)c3cc(C)nc4c3c(=O)[nH]n4C)C2)cc1. The van der Waals surface area contributed by atoms with Crippen molar-refractivity contribution in [1.29, 1.82) is 0 Å². The van der Waals surface area contributed by atoms with Gasteiger partial charge in [-0.2, -0.15) is 0 Å². The number of nitrogens with zero attached hydrogens (tertiary/aromatic N) is 3. The molecule has 27 heavy (non-hydrogen) atoms. The Morgan fingerprint density at radius 2 is 2.04 bits per heavy atom. The zero-order valence-corrected chi connectivity index (χ0v) is 15.7. The maximum Gasteiger partial charge on any atom is 0.274 e. The molecule has 1 saturated heterocycles. The Kier molecular flexibility index (Phi) is 4.22. The quantitative estimate of drug-likeness (QED) is 0.771. The van der Waals surface area contributed by atoms with E-state index in [2.05, 4.69) is 10.1 Å². The summed E-state index contributed by atoms with van der Waals surface area (Å²) in [5, 5.41) is 3.05. The predicted molar refractivity (Wildman–Crippen MR) is 102 cm³/mol. The fraction of sp³-hybridized carbons (Fsp3) is 0.350. The van der Waals surface area contributed by atoms with Gasteiger partial charge in [0.2, 0.25) is 0 Å². The number of methoxy groups -OCH3 is 1. The molecule has 3 heterocycles. The van der Waals surface area contributed by atoms with Gasteiger partial charge >= 0.3 is 0 Å². The fourth-order valence-corrected chi connectivity index (χ4v) is 3.82. The van der Waals surface area contributed by atoms with E-state index in [1.807, 2.05) is 36.1 Å². The fourth-order valence-electron chi connectivity index (χ4n) is 3.82.